The van der Waals surface area contributed by atoms with Crippen molar-refractivity contribution in [1.29, 1.82) is 0 Å². The summed E-state index contributed by atoms with van der Waals surface area (Å²) in [5, 5.41) is 6.03. The van der Waals surface area contributed by atoms with Crippen LogP contribution < -0.4 is 4.72 Å². The fraction of sp³-hybridized carbons (Fsp3) is 0.667. The first kappa shape index (κ1) is 12.9. The van der Waals surface area contributed by atoms with Crippen LogP contribution in [0.4, 0.5) is 5.95 Å². The molecule has 0 fully saturated rings. The number of hydrogen-bond donors (Lipinski definition) is 2. The van der Waals surface area contributed by atoms with Crippen LogP contribution in [0.3, 0.4) is 0 Å². The number of sulfonamides is 1. The SMILES string of the molecule is Cc1nc(NS(=O)(=O)CCS(C)(=O)=O)n[nH]1. The minimum atomic E-state index is -3.73. The van der Waals surface area contributed by atoms with Crippen LogP contribution in [-0.4, -0.2) is 49.8 Å². The van der Waals surface area contributed by atoms with E-state index in [1.807, 2.05) is 0 Å². The molecule has 1 rings (SSSR count). The second kappa shape index (κ2) is 4.37. The third-order valence-corrected chi connectivity index (χ3v) is 4.01. The number of hydrogen-bond acceptors (Lipinski definition) is 6. The van der Waals surface area contributed by atoms with Gasteiger partial charge in [-0.2, -0.15) is 4.98 Å². The van der Waals surface area contributed by atoms with Crippen LogP contribution in [0.5, 0.6) is 0 Å². The van der Waals surface area contributed by atoms with E-state index >= 15 is 0 Å². The molecule has 1 aromatic rings. The van der Waals surface area contributed by atoms with Crippen molar-refractivity contribution in [2.45, 2.75) is 6.92 Å². The molecule has 0 aliphatic carbocycles. The Bertz CT molecular complexity index is 559. The monoisotopic (exact) mass is 268 g/mol. The fourth-order valence-corrected chi connectivity index (χ4v) is 3.40. The lowest BCUT2D eigenvalue weighted by Gasteiger charge is -2.02. The Hall–Kier alpha value is -1.16. The zero-order chi connectivity index (χ0) is 12.4. The third-order valence-electron chi connectivity index (χ3n) is 1.57. The maximum Gasteiger partial charge on any atom is 0.255 e. The molecular weight excluding hydrogens is 256 g/mol. The molecule has 8 nitrogen and oxygen atoms in total. The predicted octanol–water partition coefficient (Wildman–Crippen LogP) is -1.10. The summed E-state index contributed by atoms with van der Waals surface area (Å²) in [6.45, 7) is 1.61. The normalized spacial score (nSPS) is 12.6. The minimum Gasteiger partial charge on any atom is -0.261 e. The number of rotatable bonds is 5. The van der Waals surface area contributed by atoms with Crippen LogP contribution in [0.2, 0.25) is 0 Å². The van der Waals surface area contributed by atoms with Crippen molar-refractivity contribution in [3.63, 3.8) is 0 Å². The molecule has 10 heteroatoms. The number of aryl methyl sites for hydroxylation is 1. The summed E-state index contributed by atoms with van der Waals surface area (Å²) in [5.41, 5.74) is 0. The van der Waals surface area contributed by atoms with E-state index in [4.69, 9.17) is 0 Å². The van der Waals surface area contributed by atoms with E-state index < -0.39 is 31.4 Å². The third kappa shape index (κ3) is 4.57. The Morgan fingerprint density at radius 2 is 1.88 bits per heavy atom. The number of anilines is 1. The predicted molar refractivity (Wildman–Crippen MR) is 58.2 cm³/mol. The zero-order valence-electron chi connectivity index (χ0n) is 8.76. The molecule has 0 aromatic carbocycles. The maximum atomic E-state index is 11.4. The molecule has 0 saturated carbocycles. The second-order valence-corrected chi connectivity index (χ2v) is 7.40. The van der Waals surface area contributed by atoms with Gasteiger partial charge in [-0.3, -0.25) is 5.10 Å². The highest BCUT2D eigenvalue weighted by molar-refractivity contribution is 7.95. The van der Waals surface area contributed by atoms with Gasteiger partial charge < -0.3 is 0 Å². The lowest BCUT2D eigenvalue weighted by Crippen LogP contribution is -2.22. The summed E-state index contributed by atoms with van der Waals surface area (Å²) < 4.78 is 46.4. The lowest BCUT2D eigenvalue weighted by molar-refractivity contribution is 0.593. The van der Waals surface area contributed by atoms with E-state index in [1.165, 1.54) is 0 Å². The van der Waals surface area contributed by atoms with E-state index in [9.17, 15) is 16.8 Å². The summed E-state index contributed by atoms with van der Waals surface area (Å²) in [5.74, 6) is -0.586. The van der Waals surface area contributed by atoms with Crippen molar-refractivity contribution >= 4 is 25.8 Å². The molecule has 0 saturated heterocycles. The molecule has 2 N–H and O–H groups in total. The van der Waals surface area contributed by atoms with Gasteiger partial charge in [-0.05, 0) is 6.92 Å². The quantitative estimate of drug-likeness (QED) is 0.699. The van der Waals surface area contributed by atoms with E-state index in [-0.39, 0.29) is 5.95 Å². The number of aromatic nitrogens is 3. The molecule has 0 radical (unpaired) electrons. The standard InChI is InChI=1S/C6H12N4O4S2/c1-5-7-6(9-8-5)10-16(13,14)4-3-15(2,11)12/h3-4H2,1-2H3,(H2,7,8,9,10). The van der Waals surface area contributed by atoms with Gasteiger partial charge in [-0.15, -0.1) is 5.10 Å². The molecule has 0 unspecified atom stereocenters. The van der Waals surface area contributed by atoms with E-state index in [1.54, 1.807) is 6.92 Å². The van der Waals surface area contributed by atoms with Crippen LogP contribution in [-0.2, 0) is 19.9 Å². The molecular formula is C6H12N4O4S2. The molecule has 0 aliphatic heterocycles. The highest BCUT2D eigenvalue weighted by atomic mass is 32.2. The van der Waals surface area contributed by atoms with Gasteiger partial charge >= 0.3 is 0 Å². The summed E-state index contributed by atoms with van der Waals surface area (Å²) >= 11 is 0. The highest BCUT2D eigenvalue weighted by Crippen LogP contribution is 2.01. The number of sulfone groups is 1. The summed E-state index contributed by atoms with van der Waals surface area (Å²) in [6, 6.07) is 0. The van der Waals surface area contributed by atoms with E-state index in [0.717, 1.165) is 6.26 Å². The van der Waals surface area contributed by atoms with Crippen LogP contribution in [0.1, 0.15) is 5.82 Å². The van der Waals surface area contributed by atoms with Gasteiger partial charge in [0.05, 0.1) is 11.5 Å². The first-order chi connectivity index (χ1) is 7.18. The first-order valence-corrected chi connectivity index (χ1v) is 7.96. The Morgan fingerprint density at radius 3 is 2.31 bits per heavy atom. The highest BCUT2D eigenvalue weighted by Gasteiger charge is 2.16. The fourth-order valence-electron chi connectivity index (χ4n) is 0.840. The number of H-pyrrole nitrogens is 1. The van der Waals surface area contributed by atoms with Crippen molar-refractivity contribution in [1.82, 2.24) is 15.2 Å². The maximum absolute atomic E-state index is 11.4. The van der Waals surface area contributed by atoms with E-state index in [0.29, 0.717) is 5.82 Å². The largest absolute Gasteiger partial charge is 0.261 e. The Morgan fingerprint density at radius 1 is 1.25 bits per heavy atom. The molecule has 1 heterocycles. The second-order valence-electron chi connectivity index (χ2n) is 3.30. The van der Waals surface area contributed by atoms with Crippen LogP contribution in [0, 0.1) is 6.92 Å². The zero-order valence-corrected chi connectivity index (χ0v) is 10.4. The first-order valence-electron chi connectivity index (χ1n) is 4.25. The molecule has 0 bridgehead atoms. The van der Waals surface area contributed by atoms with Crippen molar-refractivity contribution < 1.29 is 16.8 Å². The number of nitrogens with zero attached hydrogens (tertiary/aromatic N) is 2. The topological polar surface area (TPSA) is 122 Å². The van der Waals surface area contributed by atoms with E-state index in [2.05, 4.69) is 19.9 Å². The molecule has 16 heavy (non-hydrogen) atoms. The van der Waals surface area contributed by atoms with Crippen LogP contribution >= 0.6 is 0 Å². The van der Waals surface area contributed by atoms with Crippen molar-refractivity contribution in [3.05, 3.63) is 5.82 Å². The lowest BCUT2D eigenvalue weighted by atomic mass is 10.8. The average molecular weight is 268 g/mol. The summed E-state index contributed by atoms with van der Waals surface area (Å²) in [4.78, 5) is 3.73. The van der Waals surface area contributed by atoms with Gasteiger partial charge in [0.1, 0.15) is 15.7 Å². The van der Waals surface area contributed by atoms with Crippen molar-refractivity contribution in [3.8, 4) is 0 Å². The summed E-state index contributed by atoms with van der Waals surface area (Å²) in [6.07, 6.45) is 0.972. The number of aromatic amines is 1. The van der Waals surface area contributed by atoms with Gasteiger partial charge in [0.2, 0.25) is 10.0 Å². The molecule has 1 aromatic heterocycles. The Kier molecular flexibility index (Phi) is 3.53. The average Bonchev–Trinajstić information content (AvgIpc) is 2.46. The van der Waals surface area contributed by atoms with Gasteiger partial charge in [-0.25, -0.2) is 21.6 Å². The van der Waals surface area contributed by atoms with Gasteiger partial charge in [0, 0.05) is 6.26 Å². The smallest absolute Gasteiger partial charge is 0.255 e. The van der Waals surface area contributed by atoms with Gasteiger partial charge in [0.25, 0.3) is 5.95 Å². The minimum absolute atomic E-state index is 0.0917. The Balaban J connectivity index is 2.66. The molecule has 0 spiro atoms. The molecule has 0 aliphatic rings. The van der Waals surface area contributed by atoms with Crippen molar-refractivity contribution in [2.75, 3.05) is 22.5 Å². The Labute approximate surface area is 93.4 Å². The molecule has 0 amide bonds. The van der Waals surface area contributed by atoms with Gasteiger partial charge in [-0.1, -0.05) is 0 Å². The number of nitrogens with one attached hydrogen (secondary N) is 2. The van der Waals surface area contributed by atoms with Crippen molar-refractivity contribution in [2.24, 2.45) is 0 Å². The van der Waals surface area contributed by atoms with Gasteiger partial charge in [0.15, 0.2) is 0 Å². The molecule has 0 atom stereocenters. The summed E-state index contributed by atoms with van der Waals surface area (Å²) in [7, 11) is -7.04. The van der Waals surface area contributed by atoms with Crippen LogP contribution in [0.25, 0.3) is 0 Å². The van der Waals surface area contributed by atoms with Crippen LogP contribution in [0.15, 0.2) is 0 Å². The molecule has 92 valence electrons.